The van der Waals surface area contributed by atoms with Crippen molar-refractivity contribution in [1.29, 1.82) is 0 Å². The summed E-state index contributed by atoms with van der Waals surface area (Å²) in [5.41, 5.74) is 4.97. The molecule has 0 fully saturated rings. The van der Waals surface area contributed by atoms with Crippen molar-refractivity contribution in [2.24, 2.45) is 5.10 Å². The van der Waals surface area contributed by atoms with Crippen LogP contribution < -0.4 is 15.5 Å². The number of hydrogen-bond acceptors (Lipinski definition) is 4. The Bertz CT molecular complexity index is 783. The van der Waals surface area contributed by atoms with Gasteiger partial charge in [-0.1, -0.05) is 50.2 Å². The van der Waals surface area contributed by atoms with Crippen LogP contribution >= 0.6 is 0 Å². The van der Waals surface area contributed by atoms with Gasteiger partial charge in [-0.25, -0.2) is 5.43 Å². The summed E-state index contributed by atoms with van der Waals surface area (Å²) >= 11 is 0. The molecule has 0 radical (unpaired) electrons. The first-order chi connectivity index (χ1) is 12.5. The lowest BCUT2D eigenvalue weighted by Crippen LogP contribution is -2.24. The fourth-order valence-electron chi connectivity index (χ4n) is 2.27. The topological polar surface area (TPSA) is 79.8 Å². The molecule has 0 atom stereocenters. The van der Waals surface area contributed by atoms with Crippen molar-refractivity contribution in [2.75, 3.05) is 12.4 Å². The van der Waals surface area contributed by atoms with E-state index in [2.05, 4.69) is 29.7 Å². The summed E-state index contributed by atoms with van der Waals surface area (Å²) < 4.78 is 5.15. The largest absolute Gasteiger partial charge is 0.495 e. The lowest BCUT2D eigenvalue weighted by Gasteiger charge is -2.09. The minimum atomic E-state index is -0.493. The predicted octanol–water partition coefficient (Wildman–Crippen LogP) is 3.30. The fourth-order valence-corrected chi connectivity index (χ4v) is 2.27. The molecule has 0 aromatic heterocycles. The summed E-state index contributed by atoms with van der Waals surface area (Å²) in [6.45, 7) is 4.25. The number of methoxy groups -OCH3 is 1. The predicted molar refractivity (Wildman–Crippen MR) is 103 cm³/mol. The van der Waals surface area contributed by atoms with Gasteiger partial charge in [0.25, 0.3) is 0 Å². The quantitative estimate of drug-likeness (QED) is 0.455. The summed E-state index contributed by atoms with van der Waals surface area (Å²) in [5.74, 6) is 0.0579. The molecule has 0 aliphatic heterocycles. The third kappa shape index (κ3) is 5.73. The molecule has 2 aromatic rings. The molecule has 6 heteroatoms. The molecule has 26 heavy (non-hydrogen) atoms. The standard InChI is InChI=1S/C20H23N3O3/c1-14(2)16-10-8-15(9-11-16)13-21-23-20(25)12-19(24)22-17-6-4-5-7-18(17)26-3/h4-11,13-14H,12H2,1-3H3,(H,22,24)(H,23,25). The van der Waals surface area contributed by atoms with Gasteiger partial charge in [0.2, 0.25) is 11.8 Å². The number of nitrogens with zero attached hydrogens (tertiary/aromatic N) is 1. The van der Waals surface area contributed by atoms with E-state index in [1.165, 1.54) is 12.7 Å². The lowest BCUT2D eigenvalue weighted by atomic mass is 10.0. The van der Waals surface area contributed by atoms with Crippen molar-refractivity contribution < 1.29 is 14.3 Å². The number of ether oxygens (including phenoxy) is 1. The zero-order chi connectivity index (χ0) is 18.9. The number of carbonyl (C=O) groups excluding carboxylic acids is 2. The molecule has 0 saturated heterocycles. The zero-order valence-electron chi connectivity index (χ0n) is 15.2. The molecule has 0 heterocycles. The summed E-state index contributed by atoms with van der Waals surface area (Å²) in [6, 6.07) is 14.9. The van der Waals surface area contributed by atoms with Gasteiger partial charge < -0.3 is 10.1 Å². The summed E-state index contributed by atoms with van der Waals surface area (Å²) in [7, 11) is 1.51. The highest BCUT2D eigenvalue weighted by Crippen LogP contribution is 2.22. The van der Waals surface area contributed by atoms with Crippen LogP contribution in [0.1, 0.15) is 37.3 Å². The number of rotatable bonds is 7. The number of hydrogen-bond donors (Lipinski definition) is 2. The first-order valence-corrected chi connectivity index (χ1v) is 8.34. The third-order valence-corrected chi connectivity index (χ3v) is 3.71. The molecular weight excluding hydrogens is 330 g/mol. The van der Waals surface area contributed by atoms with Crippen molar-refractivity contribution in [3.63, 3.8) is 0 Å². The Morgan fingerprint density at radius 3 is 2.42 bits per heavy atom. The van der Waals surface area contributed by atoms with Crippen LogP contribution in [0.2, 0.25) is 0 Å². The average Bonchev–Trinajstić information content (AvgIpc) is 2.62. The first kappa shape index (κ1) is 19.2. The number of benzene rings is 2. The minimum Gasteiger partial charge on any atom is -0.495 e. The van der Waals surface area contributed by atoms with E-state index in [1.54, 1.807) is 30.5 Å². The monoisotopic (exact) mass is 353 g/mol. The highest BCUT2D eigenvalue weighted by atomic mass is 16.5. The Labute approximate surface area is 153 Å². The van der Waals surface area contributed by atoms with Crippen LogP contribution in [0.5, 0.6) is 5.75 Å². The third-order valence-electron chi connectivity index (χ3n) is 3.71. The van der Waals surface area contributed by atoms with Gasteiger partial charge in [-0.2, -0.15) is 5.10 Å². The van der Waals surface area contributed by atoms with Gasteiger partial charge in [-0.05, 0) is 29.2 Å². The van der Waals surface area contributed by atoms with Gasteiger partial charge in [-0.3, -0.25) is 9.59 Å². The van der Waals surface area contributed by atoms with Crippen LogP contribution in [0, 0.1) is 0 Å². The van der Waals surface area contributed by atoms with Crippen LogP contribution in [0.4, 0.5) is 5.69 Å². The highest BCUT2D eigenvalue weighted by molar-refractivity contribution is 6.04. The molecule has 0 saturated carbocycles. The van der Waals surface area contributed by atoms with Crippen LogP contribution in [-0.2, 0) is 9.59 Å². The second-order valence-electron chi connectivity index (χ2n) is 6.04. The smallest absolute Gasteiger partial charge is 0.249 e. The van der Waals surface area contributed by atoms with E-state index in [1.807, 2.05) is 24.3 Å². The molecule has 6 nitrogen and oxygen atoms in total. The van der Waals surface area contributed by atoms with E-state index in [-0.39, 0.29) is 6.42 Å². The van der Waals surface area contributed by atoms with Crippen molar-refractivity contribution in [1.82, 2.24) is 5.43 Å². The number of anilines is 1. The van der Waals surface area contributed by atoms with E-state index in [0.717, 1.165) is 5.56 Å². The van der Waals surface area contributed by atoms with Gasteiger partial charge >= 0.3 is 0 Å². The molecule has 2 aromatic carbocycles. The molecule has 0 bridgehead atoms. The Kier molecular flexibility index (Phi) is 6.91. The van der Waals surface area contributed by atoms with Crippen LogP contribution in [0.25, 0.3) is 0 Å². The lowest BCUT2D eigenvalue weighted by molar-refractivity contribution is -0.126. The Morgan fingerprint density at radius 1 is 1.08 bits per heavy atom. The van der Waals surface area contributed by atoms with Crippen LogP contribution in [0.3, 0.4) is 0 Å². The first-order valence-electron chi connectivity index (χ1n) is 8.34. The van der Waals surface area contributed by atoms with Gasteiger partial charge in [0.1, 0.15) is 12.2 Å². The normalized spacial score (nSPS) is 10.8. The molecule has 0 aliphatic carbocycles. The molecule has 0 aliphatic rings. The molecule has 0 unspecified atom stereocenters. The minimum absolute atomic E-state index is 0.332. The number of nitrogens with one attached hydrogen (secondary N) is 2. The van der Waals surface area contributed by atoms with Crippen molar-refractivity contribution in [3.8, 4) is 5.75 Å². The summed E-state index contributed by atoms with van der Waals surface area (Å²) in [5, 5.41) is 6.52. The second kappa shape index (κ2) is 9.36. The van der Waals surface area contributed by atoms with Crippen LogP contribution in [0.15, 0.2) is 53.6 Å². The Balaban J connectivity index is 1.83. The second-order valence-corrected chi connectivity index (χ2v) is 6.04. The zero-order valence-corrected chi connectivity index (χ0v) is 15.2. The molecule has 0 spiro atoms. The van der Waals surface area contributed by atoms with Crippen molar-refractivity contribution in [3.05, 3.63) is 59.7 Å². The maximum Gasteiger partial charge on any atom is 0.249 e. The van der Waals surface area contributed by atoms with Crippen LogP contribution in [-0.4, -0.2) is 25.1 Å². The van der Waals surface area contributed by atoms with Crippen molar-refractivity contribution in [2.45, 2.75) is 26.2 Å². The number of carbonyl (C=O) groups is 2. The van der Waals surface area contributed by atoms with Gasteiger partial charge in [0, 0.05) is 0 Å². The van der Waals surface area contributed by atoms with Crippen molar-refractivity contribution >= 4 is 23.7 Å². The number of amides is 2. The van der Waals surface area contributed by atoms with E-state index in [4.69, 9.17) is 4.74 Å². The molecular formula is C20H23N3O3. The Hall–Kier alpha value is -3.15. The molecule has 2 rings (SSSR count). The van der Waals surface area contributed by atoms with E-state index >= 15 is 0 Å². The Morgan fingerprint density at radius 2 is 1.77 bits per heavy atom. The van der Waals surface area contributed by atoms with E-state index < -0.39 is 11.8 Å². The summed E-state index contributed by atoms with van der Waals surface area (Å²) in [4.78, 5) is 23.8. The summed E-state index contributed by atoms with van der Waals surface area (Å²) in [6.07, 6.45) is 1.21. The van der Waals surface area contributed by atoms with Gasteiger partial charge in [0.05, 0.1) is 19.0 Å². The van der Waals surface area contributed by atoms with Gasteiger partial charge in [0.15, 0.2) is 0 Å². The fraction of sp³-hybridized carbons (Fsp3) is 0.250. The maximum atomic E-state index is 11.9. The SMILES string of the molecule is COc1ccccc1NC(=O)CC(=O)NN=Cc1ccc(C(C)C)cc1. The maximum absolute atomic E-state index is 11.9. The highest BCUT2D eigenvalue weighted by Gasteiger charge is 2.11. The van der Waals surface area contributed by atoms with E-state index in [9.17, 15) is 9.59 Å². The average molecular weight is 353 g/mol. The van der Waals surface area contributed by atoms with E-state index in [0.29, 0.717) is 17.4 Å². The molecule has 2 N–H and O–H groups in total. The number of hydrazone groups is 1. The molecule has 136 valence electrons. The number of para-hydroxylation sites is 2. The molecule has 2 amide bonds. The van der Waals surface area contributed by atoms with Gasteiger partial charge in [-0.15, -0.1) is 0 Å².